The molecule has 20 heavy (non-hydrogen) atoms. The fourth-order valence-corrected chi connectivity index (χ4v) is 2.15. The SMILES string of the molecule is COC1=c2\cccc\c2=N\C(OC)=c2\cccc\c2=N\1. The second-order valence-electron chi connectivity index (χ2n) is 4.28. The van der Waals surface area contributed by atoms with E-state index in [1.54, 1.807) is 14.2 Å². The highest BCUT2D eigenvalue weighted by Gasteiger charge is 2.05. The van der Waals surface area contributed by atoms with E-state index in [-0.39, 0.29) is 0 Å². The molecule has 2 aromatic rings. The molecule has 0 N–H and O–H groups in total. The van der Waals surface area contributed by atoms with Crippen molar-refractivity contribution in [3.05, 3.63) is 69.7 Å². The van der Waals surface area contributed by atoms with Crippen LogP contribution >= 0.6 is 0 Å². The maximum Gasteiger partial charge on any atom is 0.223 e. The Morgan fingerprint density at radius 2 is 1.05 bits per heavy atom. The molecule has 0 fully saturated rings. The maximum absolute atomic E-state index is 5.42. The summed E-state index contributed by atoms with van der Waals surface area (Å²) in [5.74, 6) is 1.10. The highest BCUT2D eigenvalue weighted by Crippen LogP contribution is 1.98. The molecule has 3 rings (SSSR count). The first-order chi connectivity index (χ1) is 9.83. The van der Waals surface area contributed by atoms with Gasteiger partial charge in [-0.25, -0.2) is 9.98 Å². The third-order valence-corrected chi connectivity index (χ3v) is 3.10. The van der Waals surface area contributed by atoms with Crippen molar-refractivity contribution in [2.24, 2.45) is 9.98 Å². The van der Waals surface area contributed by atoms with Crippen molar-refractivity contribution in [1.29, 1.82) is 0 Å². The van der Waals surface area contributed by atoms with Gasteiger partial charge in [-0.1, -0.05) is 24.3 Å². The molecule has 2 aromatic carbocycles. The number of nitrogens with zero attached hydrogens (tertiary/aromatic N) is 2. The predicted octanol–water partition coefficient (Wildman–Crippen LogP) is 0.0638. The number of hydrogen-bond acceptors (Lipinski definition) is 4. The summed E-state index contributed by atoms with van der Waals surface area (Å²) in [7, 11) is 3.22. The largest absolute Gasteiger partial charge is 0.480 e. The summed E-state index contributed by atoms with van der Waals surface area (Å²) in [6.45, 7) is 0. The van der Waals surface area contributed by atoms with Gasteiger partial charge in [0.1, 0.15) is 0 Å². The molecule has 0 unspecified atom stereocenters. The Hall–Kier alpha value is -2.62. The summed E-state index contributed by atoms with van der Waals surface area (Å²) in [6.07, 6.45) is 0. The molecular weight excluding hydrogens is 252 g/mol. The molecule has 4 heteroatoms. The summed E-state index contributed by atoms with van der Waals surface area (Å²) in [5, 5.41) is 3.25. The molecule has 0 aromatic heterocycles. The van der Waals surface area contributed by atoms with E-state index < -0.39 is 0 Å². The van der Waals surface area contributed by atoms with Crippen molar-refractivity contribution in [1.82, 2.24) is 0 Å². The Kier molecular flexibility index (Phi) is 3.21. The van der Waals surface area contributed by atoms with E-state index in [2.05, 4.69) is 9.98 Å². The van der Waals surface area contributed by atoms with Crippen molar-refractivity contribution in [2.45, 2.75) is 0 Å². The van der Waals surface area contributed by atoms with E-state index >= 15 is 0 Å². The third kappa shape index (κ3) is 2.05. The smallest absolute Gasteiger partial charge is 0.223 e. The minimum absolute atomic E-state index is 0.548. The minimum atomic E-state index is 0.548. The average molecular weight is 266 g/mol. The normalized spacial score (nSPS) is 21.9. The van der Waals surface area contributed by atoms with Crippen LogP contribution in [-0.4, -0.2) is 14.2 Å². The second kappa shape index (κ2) is 5.17. The molecule has 100 valence electrons. The van der Waals surface area contributed by atoms with Crippen LogP contribution in [0.15, 0.2) is 58.5 Å². The number of rotatable bonds is 2. The van der Waals surface area contributed by atoms with Gasteiger partial charge >= 0.3 is 0 Å². The standard InChI is InChI=1S/C16H14N2O2/c1-19-15-11-7-3-5-9-13(11)18-16(20-2)12-8-4-6-10-14(12)17-15/h3-10H,1-2H3/b15-11+,16-12+,17-14-,17-15?,18-13-,18-16?. The molecule has 0 spiro atoms. The molecule has 0 aliphatic carbocycles. The van der Waals surface area contributed by atoms with Crippen molar-refractivity contribution in [3.8, 4) is 0 Å². The zero-order valence-electron chi connectivity index (χ0n) is 11.3. The lowest BCUT2D eigenvalue weighted by atomic mass is 10.2. The van der Waals surface area contributed by atoms with Crippen LogP contribution in [0.1, 0.15) is 0 Å². The molecule has 1 heterocycles. The van der Waals surface area contributed by atoms with E-state index in [9.17, 15) is 0 Å². The molecule has 0 atom stereocenters. The summed E-state index contributed by atoms with van der Waals surface area (Å²) < 4.78 is 10.8. The summed E-state index contributed by atoms with van der Waals surface area (Å²) >= 11 is 0. The lowest BCUT2D eigenvalue weighted by Crippen LogP contribution is -2.34. The van der Waals surface area contributed by atoms with Crippen LogP contribution in [0.2, 0.25) is 0 Å². The van der Waals surface area contributed by atoms with Gasteiger partial charge in [-0.3, -0.25) is 0 Å². The fraction of sp³-hybridized carbons (Fsp3) is 0.125. The molecule has 4 nitrogen and oxygen atoms in total. The van der Waals surface area contributed by atoms with Gasteiger partial charge in [0.25, 0.3) is 0 Å². The number of methoxy groups -OCH3 is 2. The average Bonchev–Trinajstić information content (AvgIpc) is 2.49. The Labute approximate surface area is 116 Å². The van der Waals surface area contributed by atoms with Gasteiger partial charge in [-0.2, -0.15) is 0 Å². The first-order valence-corrected chi connectivity index (χ1v) is 6.27. The van der Waals surface area contributed by atoms with Crippen molar-refractivity contribution in [3.63, 3.8) is 0 Å². The van der Waals surface area contributed by atoms with Crippen molar-refractivity contribution >= 4 is 11.8 Å². The first kappa shape index (κ1) is 12.4. The van der Waals surface area contributed by atoms with Crippen LogP contribution in [-0.2, 0) is 9.47 Å². The van der Waals surface area contributed by atoms with Crippen molar-refractivity contribution in [2.75, 3.05) is 14.2 Å². The lowest BCUT2D eigenvalue weighted by Gasteiger charge is -2.06. The monoisotopic (exact) mass is 266 g/mol. The summed E-state index contributed by atoms with van der Waals surface area (Å²) in [4.78, 5) is 9.18. The molecule has 0 saturated heterocycles. The summed E-state index contributed by atoms with van der Waals surface area (Å²) in [6, 6.07) is 15.4. The van der Waals surface area contributed by atoms with E-state index in [1.807, 2.05) is 48.5 Å². The van der Waals surface area contributed by atoms with Gasteiger partial charge in [-0.15, -0.1) is 0 Å². The Morgan fingerprint density at radius 1 is 0.650 bits per heavy atom. The molecule has 0 amide bonds. The van der Waals surface area contributed by atoms with Gasteiger partial charge in [0.05, 0.1) is 35.4 Å². The van der Waals surface area contributed by atoms with Crippen LogP contribution in [0.3, 0.4) is 0 Å². The van der Waals surface area contributed by atoms with Crippen LogP contribution in [0.25, 0.3) is 11.8 Å². The number of benzene rings is 2. The van der Waals surface area contributed by atoms with Gasteiger partial charge < -0.3 is 9.47 Å². The van der Waals surface area contributed by atoms with Gasteiger partial charge in [0, 0.05) is 0 Å². The Balaban J connectivity index is 2.56. The molecule has 0 bridgehead atoms. The number of fused-ring (bicyclic) bond motifs is 2. The predicted molar refractivity (Wildman–Crippen MR) is 75.3 cm³/mol. The summed E-state index contributed by atoms with van der Waals surface area (Å²) in [5.41, 5.74) is 0. The first-order valence-electron chi connectivity index (χ1n) is 6.27. The minimum Gasteiger partial charge on any atom is -0.480 e. The van der Waals surface area contributed by atoms with Crippen molar-refractivity contribution < 1.29 is 9.47 Å². The zero-order chi connectivity index (χ0) is 13.9. The van der Waals surface area contributed by atoms with E-state index in [0.29, 0.717) is 11.8 Å². The Bertz CT molecular complexity index is 810. The number of para-hydroxylation sites is 2. The third-order valence-electron chi connectivity index (χ3n) is 3.10. The van der Waals surface area contributed by atoms with Crippen LogP contribution < -0.4 is 21.2 Å². The molecule has 1 aliphatic heterocycles. The number of hydrogen-bond donors (Lipinski definition) is 0. The second-order valence-corrected chi connectivity index (χ2v) is 4.28. The fourth-order valence-electron chi connectivity index (χ4n) is 2.15. The molecule has 0 radical (unpaired) electrons. The van der Waals surface area contributed by atoms with E-state index in [0.717, 1.165) is 21.2 Å². The topological polar surface area (TPSA) is 43.2 Å². The van der Waals surface area contributed by atoms with Gasteiger partial charge in [0.2, 0.25) is 11.8 Å². The van der Waals surface area contributed by atoms with Crippen LogP contribution in [0.5, 0.6) is 0 Å². The quantitative estimate of drug-likeness (QED) is 0.771. The van der Waals surface area contributed by atoms with E-state index in [4.69, 9.17) is 9.47 Å². The molecular formula is C16H14N2O2. The van der Waals surface area contributed by atoms with E-state index in [1.165, 1.54) is 0 Å². The lowest BCUT2D eigenvalue weighted by molar-refractivity contribution is 0.349. The maximum atomic E-state index is 5.42. The highest BCUT2D eigenvalue weighted by atomic mass is 16.5. The van der Waals surface area contributed by atoms with Crippen LogP contribution in [0.4, 0.5) is 0 Å². The molecule has 0 saturated carbocycles. The highest BCUT2D eigenvalue weighted by molar-refractivity contribution is 5.41. The Morgan fingerprint density at radius 3 is 1.45 bits per heavy atom. The zero-order valence-corrected chi connectivity index (χ0v) is 11.3. The number of ether oxygens (including phenoxy) is 2. The molecule has 1 aliphatic rings. The van der Waals surface area contributed by atoms with Gasteiger partial charge in [0.15, 0.2) is 0 Å². The van der Waals surface area contributed by atoms with Gasteiger partial charge in [-0.05, 0) is 24.3 Å². The van der Waals surface area contributed by atoms with Crippen LogP contribution in [0, 0.1) is 0 Å².